The van der Waals surface area contributed by atoms with E-state index in [1.807, 2.05) is 0 Å². The second-order valence-corrected chi connectivity index (χ2v) is 4.29. The Hall–Kier alpha value is -0.0800. The van der Waals surface area contributed by atoms with E-state index in [9.17, 15) is 0 Å². The van der Waals surface area contributed by atoms with Gasteiger partial charge in [0, 0.05) is 12.5 Å². The van der Waals surface area contributed by atoms with Crippen LogP contribution >= 0.6 is 0 Å². The summed E-state index contributed by atoms with van der Waals surface area (Å²) in [5.74, 6) is 2.15. The zero-order valence-corrected chi connectivity index (χ0v) is 7.95. The lowest BCUT2D eigenvalue weighted by Gasteiger charge is -2.28. The Morgan fingerprint density at radius 2 is 2.08 bits per heavy atom. The van der Waals surface area contributed by atoms with E-state index in [0.29, 0.717) is 5.92 Å². The molecule has 0 aromatic carbocycles. The molecule has 0 saturated carbocycles. The first-order valence-corrected chi connectivity index (χ1v) is 5.02. The Morgan fingerprint density at radius 3 is 2.83 bits per heavy atom. The first kappa shape index (κ1) is 8.52. The van der Waals surface area contributed by atoms with Gasteiger partial charge in [-0.1, -0.05) is 13.8 Å². The van der Waals surface area contributed by atoms with Crippen LogP contribution in [0.4, 0.5) is 0 Å². The van der Waals surface area contributed by atoms with Gasteiger partial charge >= 0.3 is 0 Å². The molecule has 2 fully saturated rings. The van der Waals surface area contributed by atoms with Gasteiger partial charge in [-0.15, -0.1) is 0 Å². The topological polar surface area (TPSA) is 18.5 Å². The molecule has 3 atom stereocenters. The van der Waals surface area contributed by atoms with Crippen LogP contribution in [0.15, 0.2) is 0 Å². The van der Waals surface area contributed by atoms with Crippen molar-refractivity contribution in [2.45, 2.75) is 33.0 Å². The van der Waals surface area contributed by atoms with Crippen molar-refractivity contribution < 1.29 is 9.47 Å². The summed E-state index contributed by atoms with van der Waals surface area (Å²) in [5.41, 5.74) is 0. The number of ether oxygens (including phenoxy) is 2. The quantitative estimate of drug-likeness (QED) is 0.599. The van der Waals surface area contributed by atoms with Crippen molar-refractivity contribution >= 4 is 0 Å². The van der Waals surface area contributed by atoms with Crippen LogP contribution in [0.25, 0.3) is 0 Å². The van der Waals surface area contributed by atoms with Gasteiger partial charge in [-0.05, 0) is 24.7 Å². The van der Waals surface area contributed by atoms with Gasteiger partial charge in [0.1, 0.15) is 0 Å². The molecule has 0 amide bonds. The van der Waals surface area contributed by atoms with E-state index in [0.717, 1.165) is 25.0 Å². The molecule has 0 spiro atoms. The average molecular weight is 170 g/mol. The molecule has 2 aliphatic heterocycles. The van der Waals surface area contributed by atoms with Crippen LogP contribution in [0, 0.1) is 17.8 Å². The summed E-state index contributed by atoms with van der Waals surface area (Å²) in [4.78, 5) is 0. The first-order valence-electron chi connectivity index (χ1n) is 5.02. The van der Waals surface area contributed by atoms with E-state index in [1.165, 1.54) is 12.8 Å². The molecule has 0 aromatic heterocycles. The lowest BCUT2D eigenvalue weighted by molar-refractivity contribution is -0.151. The first-order chi connectivity index (χ1) is 5.79. The molecule has 2 aliphatic rings. The Kier molecular flexibility index (Phi) is 2.37. The number of hydrogen-bond acceptors (Lipinski definition) is 2. The minimum absolute atomic E-state index is 0.131. The summed E-state index contributed by atoms with van der Waals surface area (Å²) in [5, 5.41) is 0. The number of hydrogen-bond donors (Lipinski definition) is 0. The molecule has 2 saturated heterocycles. The van der Waals surface area contributed by atoms with Crippen LogP contribution in [-0.2, 0) is 9.47 Å². The largest absolute Gasteiger partial charge is 0.352 e. The maximum Gasteiger partial charge on any atom is 0.160 e. The molecular weight excluding hydrogens is 152 g/mol. The second-order valence-electron chi connectivity index (χ2n) is 4.29. The Labute approximate surface area is 74.2 Å². The molecule has 0 bridgehead atoms. The highest BCUT2D eigenvalue weighted by Gasteiger charge is 2.40. The third-order valence-electron chi connectivity index (χ3n) is 3.17. The predicted octanol–water partition coefficient (Wildman–Crippen LogP) is 2.04. The van der Waals surface area contributed by atoms with Crippen molar-refractivity contribution in [2.24, 2.45) is 17.8 Å². The molecule has 1 unspecified atom stereocenters. The Bertz CT molecular complexity index is 156. The fraction of sp³-hybridized carbons (Fsp3) is 1.00. The third-order valence-corrected chi connectivity index (χ3v) is 3.17. The highest BCUT2D eigenvalue weighted by atomic mass is 16.7. The van der Waals surface area contributed by atoms with Crippen molar-refractivity contribution in [3.05, 3.63) is 0 Å². The highest BCUT2D eigenvalue weighted by Crippen LogP contribution is 2.38. The van der Waals surface area contributed by atoms with Crippen LogP contribution in [-0.4, -0.2) is 19.5 Å². The van der Waals surface area contributed by atoms with Gasteiger partial charge in [0.2, 0.25) is 0 Å². The van der Waals surface area contributed by atoms with Crippen molar-refractivity contribution in [1.29, 1.82) is 0 Å². The Balaban J connectivity index is 2.01. The van der Waals surface area contributed by atoms with Crippen LogP contribution in [0.5, 0.6) is 0 Å². The van der Waals surface area contributed by atoms with E-state index < -0.39 is 0 Å². The number of rotatable bonds is 1. The van der Waals surface area contributed by atoms with Gasteiger partial charge in [0.15, 0.2) is 6.29 Å². The van der Waals surface area contributed by atoms with Crippen LogP contribution in [0.3, 0.4) is 0 Å². The monoisotopic (exact) mass is 170 g/mol. The summed E-state index contributed by atoms with van der Waals surface area (Å²) in [6.07, 6.45) is 2.65. The summed E-state index contributed by atoms with van der Waals surface area (Å²) < 4.78 is 11.2. The Morgan fingerprint density at radius 1 is 1.25 bits per heavy atom. The van der Waals surface area contributed by atoms with Gasteiger partial charge in [0.25, 0.3) is 0 Å². The molecule has 2 rings (SSSR count). The summed E-state index contributed by atoms with van der Waals surface area (Å²) >= 11 is 0. The standard InChI is InChI=1S/C10H18O2/c1-7(2)9-6-12-10-8(9)4-3-5-11-10/h7-10H,3-6H2,1-2H3/t8-,9?,10+/m0/s1. The minimum atomic E-state index is 0.131. The van der Waals surface area contributed by atoms with Gasteiger partial charge in [-0.2, -0.15) is 0 Å². The maximum absolute atomic E-state index is 5.61. The van der Waals surface area contributed by atoms with Crippen LogP contribution < -0.4 is 0 Å². The van der Waals surface area contributed by atoms with E-state index in [1.54, 1.807) is 0 Å². The van der Waals surface area contributed by atoms with E-state index >= 15 is 0 Å². The van der Waals surface area contributed by atoms with Crippen molar-refractivity contribution in [3.63, 3.8) is 0 Å². The van der Waals surface area contributed by atoms with Crippen LogP contribution in [0.2, 0.25) is 0 Å². The lowest BCUT2D eigenvalue weighted by Crippen LogP contribution is -2.30. The molecular formula is C10H18O2. The number of fused-ring (bicyclic) bond motifs is 1. The van der Waals surface area contributed by atoms with Crippen molar-refractivity contribution in [3.8, 4) is 0 Å². The van der Waals surface area contributed by atoms with Gasteiger partial charge < -0.3 is 9.47 Å². The third kappa shape index (κ3) is 1.38. The summed E-state index contributed by atoms with van der Waals surface area (Å²) in [7, 11) is 0. The lowest BCUT2D eigenvalue weighted by atomic mass is 9.82. The van der Waals surface area contributed by atoms with Crippen molar-refractivity contribution in [1.82, 2.24) is 0 Å². The van der Waals surface area contributed by atoms with Gasteiger partial charge in [-0.25, -0.2) is 0 Å². The molecule has 2 heteroatoms. The molecule has 12 heavy (non-hydrogen) atoms. The van der Waals surface area contributed by atoms with Crippen LogP contribution in [0.1, 0.15) is 26.7 Å². The minimum Gasteiger partial charge on any atom is -0.352 e. The molecule has 0 radical (unpaired) electrons. The van der Waals surface area contributed by atoms with E-state index in [2.05, 4.69) is 13.8 Å². The fourth-order valence-corrected chi connectivity index (χ4v) is 2.38. The molecule has 70 valence electrons. The van der Waals surface area contributed by atoms with Gasteiger partial charge in [0.05, 0.1) is 6.61 Å². The van der Waals surface area contributed by atoms with E-state index in [-0.39, 0.29) is 6.29 Å². The fourth-order valence-electron chi connectivity index (χ4n) is 2.38. The smallest absolute Gasteiger partial charge is 0.160 e. The molecule has 0 aromatic rings. The second kappa shape index (κ2) is 3.35. The summed E-state index contributed by atoms with van der Waals surface area (Å²) in [6, 6.07) is 0. The molecule has 2 nitrogen and oxygen atoms in total. The van der Waals surface area contributed by atoms with E-state index in [4.69, 9.17) is 9.47 Å². The molecule has 2 heterocycles. The normalized spacial score (nSPS) is 41.8. The van der Waals surface area contributed by atoms with Crippen molar-refractivity contribution in [2.75, 3.05) is 13.2 Å². The molecule has 0 aliphatic carbocycles. The molecule has 0 N–H and O–H groups in total. The zero-order valence-electron chi connectivity index (χ0n) is 7.95. The predicted molar refractivity (Wildman–Crippen MR) is 46.7 cm³/mol. The maximum atomic E-state index is 5.61. The zero-order chi connectivity index (χ0) is 8.55. The highest BCUT2D eigenvalue weighted by molar-refractivity contribution is 4.83. The van der Waals surface area contributed by atoms with Gasteiger partial charge in [-0.3, -0.25) is 0 Å². The SMILES string of the molecule is CC(C)C1CO[C@H]2OCCC[C@@H]12. The summed E-state index contributed by atoms with van der Waals surface area (Å²) in [6.45, 7) is 6.37. The average Bonchev–Trinajstić information content (AvgIpc) is 2.47.